The molecule has 14 heteroatoms. The van der Waals surface area contributed by atoms with E-state index < -0.39 is 34.9 Å². The number of hydrogen-bond donors (Lipinski definition) is 3. The van der Waals surface area contributed by atoms with Crippen LogP contribution in [0, 0.1) is 0 Å². The second-order valence-corrected chi connectivity index (χ2v) is 15.8. The molecule has 2 fully saturated rings. The van der Waals surface area contributed by atoms with Gasteiger partial charge in [0.1, 0.15) is 11.4 Å². The number of carboxylic acid groups (broad SMARTS) is 1. The van der Waals surface area contributed by atoms with Gasteiger partial charge in [-0.3, -0.25) is 14.6 Å². The van der Waals surface area contributed by atoms with Crippen molar-refractivity contribution in [2.45, 2.75) is 82.8 Å². The van der Waals surface area contributed by atoms with Crippen molar-refractivity contribution in [1.82, 2.24) is 14.8 Å². The van der Waals surface area contributed by atoms with Crippen molar-refractivity contribution in [3.63, 3.8) is 0 Å². The lowest BCUT2D eigenvalue weighted by molar-refractivity contribution is -0.153. The molecular formula is C42H49ClF3N5O5. The molecule has 3 aliphatic rings. The molecule has 300 valence electrons. The van der Waals surface area contributed by atoms with E-state index in [9.17, 15) is 28.2 Å². The van der Waals surface area contributed by atoms with Crippen molar-refractivity contribution in [3.05, 3.63) is 99.4 Å². The normalized spacial score (nSPS) is 21.8. The molecule has 3 aromatic rings. The summed E-state index contributed by atoms with van der Waals surface area (Å²) in [7, 11) is 2.90. The van der Waals surface area contributed by atoms with E-state index in [1.165, 1.54) is 7.11 Å². The van der Waals surface area contributed by atoms with E-state index >= 15 is 0 Å². The molecule has 2 saturated heterocycles. The van der Waals surface area contributed by atoms with Crippen LogP contribution in [0.5, 0.6) is 5.88 Å². The number of fused-ring (bicyclic) bond motifs is 1. The first kappa shape index (κ1) is 41.2. The molecule has 3 heterocycles. The van der Waals surface area contributed by atoms with Crippen molar-refractivity contribution in [2.24, 2.45) is 4.99 Å². The lowest BCUT2D eigenvalue weighted by Crippen LogP contribution is -2.60. The van der Waals surface area contributed by atoms with Gasteiger partial charge in [0.2, 0.25) is 11.8 Å². The summed E-state index contributed by atoms with van der Waals surface area (Å²) >= 11 is 7.14. The molecule has 0 spiro atoms. The number of aliphatic imine (C=N–C) groups is 1. The Hall–Kier alpha value is -4.43. The fraction of sp³-hybridized carbons (Fsp3) is 0.452. The molecule has 6 rings (SSSR count). The SMILES string of the molecule is C=CC(=N/C(OC)=C(\C)CN1CC(C)(O)C1)c1cccc(-c2cccc3c2CC[C@@H]3Nc2nc(OC)c(CN3CCCC[C@]3(C)C(=O)O)cc2C(F)(F)F)c1Cl. The highest BCUT2D eigenvalue weighted by Crippen LogP contribution is 2.45. The Morgan fingerprint density at radius 1 is 1.16 bits per heavy atom. The topological polar surface area (TPSA) is 120 Å². The van der Waals surface area contributed by atoms with Crippen LogP contribution in [-0.4, -0.2) is 88.2 Å². The molecule has 0 amide bonds. The summed E-state index contributed by atoms with van der Waals surface area (Å²) in [5.41, 5.74) is 2.70. The van der Waals surface area contributed by atoms with Gasteiger partial charge in [0, 0.05) is 48.4 Å². The van der Waals surface area contributed by atoms with Crippen LogP contribution in [0.2, 0.25) is 5.02 Å². The number of pyridine rings is 1. The number of rotatable bonds is 13. The Labute approximate surface area is 330 Å². The number of nitrogens with one attached hydrogen (secondary N) is 1. The zero-order chi connectivity index (χ0) is 40.6. The molecule has 0 saturated carbocycles. The van der Waals surface area contributed by atoms with Crippen LogP contribution in [0.15, 0.2) is 71.6 Å². The fourth-order valence-electron chi connectivity index (χ4n) is 8.26. The average molecular weight is 796 g/mol. The Morgan fingerprint density at radius 2 is 1.88 bits per heavy atom. The summed E-state index contributed by atoms with van der Waals surface area (Å²) in [4.78, 5) is 25.2. The zero-order valence-electron chi connectivity index (χ0n) is 32.4. The summed E-state index contributed by atoms with van der Waals surface area (Å²) in [5.74, 6) is -0.948. The molecule has 10 nitrogen and oxygen atoms in total. The maximum absolute atomic E-state index is 14.7. The first-order valence-electron chi connectivity index (χ1n) is 18.7. The zero-order valence-corrected chi connectivity index (χ0v) is 33.2. The van der Waals surface area contributed by atoms with E-state index in [-0.39, 0.29) is 23.8 Å². The van der Waals surface area contributed by atoms with E-state index in [0.29, 0.717) is 67.6 Å². The number of aliphatic hydroxyl groups is 1. The quantitative estimate of drug-likeness (QED) is 0.116. The van der Waals surface area contributed by atoms with E-state index in [2.05, 4.69) is 21.8 Å². The van der Waals surface area contributed by atoms with Crippen LogP contribution in [0.1, 0.15) is 80.3 Å². The van der Waals surface area contributed by atoms with E-state index in [1.54, 1.807) is 31.9 Å². The number of piperidine rings is 1. The highest BCUT2D eigenvalue weighted by molar-refractivity contribution is 6.37. The Balaban J connectivity index is 1.30. The number of halogens is 4. The molecule has 2 aromatic carbocycles. The molecule has 0 bridgehead atoms. The van der Waals surface area contributed by atoms with Gasteiger partial charge in [0.25, 0.3) is 0 Å². The third-order valence-electron chi connectivity index (χ3n) is 11.1. The number of carbonyl (C=O) groups is 1. The Morgan fingerprint density at radius 3 is 2.52 bits per heavy atom. The van der Waals surface area contributed by atoms with Gasteiger partial charge in [0.05, 0.1) is 42.2 Å². The third-order valence-corrected chi connectivity index (χ3v) is 11.5. The number of aliphatic carboxylic acids is 1. The number of carboxylic acids is 1. The largest absolute Gasteiger partial charge is 0.481 e. The lowest BCUT2D eigenvalue weighted by atomic mass is 9.88. The van der Waals surface area contributed by atoms with Gasteiger partial charge in [-0.05, 0) is 88.3 Å². The number of methoxy groups -OCH3 is 2. The number of nitrogens with zero attached hydrogens (tertiary/aromatic N) is 4. The van der Waals surface area contributed by atoms with Crippen LogP contribution in [0.4, 0.5) is 19.0 Å². The smallest absolute Gasteiger partial charge is 0.419 e. The van der Waals surface area contributed by atoms with Gasteiger partial charge < -0.3 is 25.0 Å². The van der Waals surface area contributed by atoms with Crippen LogP contribution in [0.25, 0.3) is 11.1 Å². The van der Waals surface area contributed by atoms with Gasteiger partial charge in [-0.2, -0.15) is 18.2 Å². The van der Waals surface area contributed by atoms with E-state index in [0.717, 1.165) is 46.7 Å². The molecular weight excluding hydrogens is 747 g/mol. The number of anilines is 1. The first-order chi connectivity index (χ1) is 26.5. The number of likely N-dealkylation sites (tertiary alicyclic amines) is 2. The summed E-state index contributed by atoms with van der Waals surface area (Å²) in [6.07, 6.45) is -0.206. The molecule has 0 radical (unpaired) electrons. The number of ether oxygens (including phenoxy) is 2. The number of allylic oxidation sites excluding steroid dienone is 1. The summed E-state index contributed by atoms with van der Waals surface area (Å²) in [6, 6.07) is 11.9. The second kappa shape index (κ2) is 16.2. The van der Waals surface area contributed by atoms with Crippen molar-refractivity contribution < 1.29 is 37.7 Å². The Kier molecular flexibility index (Phi) is 11.9. The number of hydrogen-bond acceptors (Lipinski definition) is 9. The summed E-state index contributed by atoms with van der Waals surface area (Å²) in [5, 5.41) is 23.7. The van der Waals surface area contributed by atoms with Crippen LogP contribution in [-0.2, 0) is 28.7 Å². The summed E-state index contributed by atoms with van der Waals surface area (Å²) in [6.45, 7) is 11.4. The minimum absolute atomic E-state index is 0.00410. The predicted molar refractivity (Wildman–Crippen MR) is 211 cm³/mol. The first-order valence-corrected chi connectivity index (χ1v) is 19.1. The van der Waals surface area contributed by atoms with Crippen LogP contribution >= 0.6 is 11.6 Å². The molecule has 2 atom stereocenters. The molecule has 56 heavy (non-hydrogen) atoms. The standard InChI is InChI=1S/C42H49ClF3N5O5/c1-7-33(48-37(55-5)25(2)21-50-23-40(3,54)24-50)31-15-11-14-30(35(31)43)27-12-10-13-29-28(27)16-17-34(29)47-36-32(42(44,45)46)20-26(38(49-36)56-6)22-51-19-9-8-18-41(51,4)39(52)53/h7,10-15,20,34,54H,1,8-9,16-19,21-24H2,2-6H3,(H,47,49)(H,52,53)/b37-25-,48-33?/t34-,41+/m0/s1. The summed E-state index contributed by atoms with van der Waals surface area (Å²) < 4.78 is 55.3. The molecule has 0 unspecified atom stereocenters. The minimum Gasteiger partial charge on any atom is -0.481 e. The van der Waals surface area contributed by atoms with Crippen LogP contribution in [0.3, 0.4) is 0 Å². The fourth-order valence-corrected chi connectivity index (χ4v) is 8.59. The molecule has 3 N–H and O–H groups in total. The van der Waals surface area contributed by atoms with Crippen molar-refractivity contribution in [3.8, 4) is 17.0 Å². The average Bonchev–Trinajstić information content (AvgIpc) is 3.55. The third kappa shape index (κ3) is 8.32. The Bertz CT molecular complexity index is 2060. The predicted octanol–water partition coefficient (Wildman–Crippen LogP) is 8.28. The number of alkyl halides is 3. The maximum Gasteiger partial charge on any atom is 0.419 e. The number of benzene rings is 2. The monoisotopic (exact) mass is 795 g/mol. The molecule has 1 aliphatic carbocycles. The van der Waals surface area contributed by atoms with Crippen molar-refractivity contribution in [1.29, 1.82) is 0 Å². The van der Waals surface area contributed by atoms with Crippen molar-refractivity contribution >= 4 is 29.1 Å². The number of β-amino-alcohol motifs (C(OH)–C–C–N with tert-alkyl or cyclic N) is 1. The highest BCUT2D eigenvalue weighted by atomic mass is 35.5. The minimum atomic E-state index is -4.75. The van der Waals surface area contributed by atoms with Crippen molar-refractivity contribution in [2.75, 3.05) is 45.7 Å². The van der Waals surface area contributed by atoms with Gasteiger partial charge in [-0.15, -0.1) is 0 Å². The molecule has 1 aromatic heterocycles. The van der Waals surface area contributed by atoms with E-state index in [1.807, 2.05) is 43.3 Å². The van der Waals surface area contributed by atoms with Gasteiger partial charge in [-0.25, -0.2) is 4.99 Å². The van der Waals surface area contributed by atoms with Gasteiger partial charge >= 0.3 is 12.1 Å². The maximum atomic E-state index is 14.7. The molecule has 2 aliphatic heterocycles. The lowest BCUT2D eigenvalue weighted by Gasteiger charge is -2.44. The van der Waals surface area contributed by atoms with Gasteiger partial charge in [0.15, 0.2) is 0 Å². The second-order valence-electron chi connectivity index (χ2n) is 15.4. The van der Waals surface area contributed by atoms with E-state index in [4.69, 9.17) is 26.1 Å². The van der Waals surface area contributed by atoms with Crippen LogP contribution < -0.4 is 10.1 Å². The highest BCUT2D eigenvalue weighted by Gasteiger charge is 2.43. The van der Waals surface area contributed by atoms with Gasteiger partial charge in [-0.1, -0.05) is 54.6 Å². The number of aromatic nitrogens is 1.